The lowest BCUT2D eigenvalue weighted by molar-refractivity contribution is 0.129. The molecule has 3 atom stereocenters. The molecule has 0 saturated carbocycles. The molecule has 0 bridgehead atoms. The molecule has 0 spiro atoms. The Labute approximate surface area is 133 Å². The molecule has 0 aromatic heterocycles. The molecule has 1 aromatic rings. The summed E-state index contributed by atoms with van der Waals surface area (Å²) in [7, 11) is -4.67. The number of nitrogens with zero attached hydrogens (tertiary/aromatic N) is 1. The van der Waals surface area contributed by atoms with Gasteiger partial charge in [-0.3, -0.25) is 0 Å². The number of hydrogen-bond donors (Lipinski definition) is 5. The Balaban J connectivity index is 2.34. The Kier molecular flexibility index (Phi) is 5.06. The van der Waals surface area contributed by atoms with Crippen LogP contribution in [0.2, 0.25) is 0 Å². The molecule has 8 heteroatoms. The van der Waals surface area contributed by atoms with Gasteiger partial charge < -0.3 is 25.1 Å². The van der Waals surface area contributed by atoms with E-state index in [1.54, 1.807) is 19.1 Å². The lowest BCUT2D eigenvalue weighted by Crippen LogP contribution is -2.32. The minimum Gasteiger partial charge on any atom is -0.508 e. The Morgan fingerprint density at radius 1 is 1.22 bits per heavy atom. The molecule has 1 aromatic carbocycles. The van der Waals surface area contributed by atoms with Crippen molar-refractivity contribution in [3.05, 3.63) is 53.8 Å². The molecule has 1 aliphatic carbocycles. The number of aliphatic hydroxyl groups excluding tert-OH is 2. The van der Waals surface area contributed by atoms with E-state index in [1.165, 1.54) is 30.4 Å². The van der Waals surface area contributed by atoms with Gasteiger partial charge in [-0.1, -0.05) is 19.1 Å². The molecule has 0 saturated heterocycles. The van der Waals surface area contributed by atoms with Gasteiger partial charge >= 0.3 is 7.75 Å². The second-order valence-corrected chi connectivity index (χ2v) is 6.59. The summed E-state index contributed by atoms with van der Waals surface area (Å²) in [6, 6.07) is 6.34. The first-order chi connectivity index (χ1) is 10.7. The third-order valence-electron chi connectivity index (χ3n) is 3.64. The average molecular weight is 339 g/mol. The van der Waals surface area contributed by atoms with Gasteiger partial charge in [0.05, 0.1) is 11.8 Å². The molecule has 0 amide bonds. The number of allylic oxidation sites excluding steroid dienone is 2. The maximum Gasteiger partial charge on any atom is 0.448 e. The maximum absolute atomic E-state index is 11.1. The molecule has 7 nitrogen and oxygen atoms in total. The Bertz CT molecular complexity index is 720. The zero-order chi connectivity index (χ0) is 17.2. The summed E-state index contributed by atoms with van der Waals surface area (Å²) >= 11 is 0. The van der Waals surface area contributed by atoms with Crippen LogP contribution < -0.4 is 0 Å². The van der Waals surface area contributed by atoms with Crippen molar-refractivity contribution in [3.8, 4) is 5.75 Å². The second-order valence-electron chi connectivity index (χ2n) is 5.36. The van der Waals surface area contributed by atoms with Gasteiger partial charge in [-0.25, -0.2) is 4.57 Å². The fourth-order valence-corrected chi connectivity index (χ4v) is 2.95. The number of benzene rings is 1. The highest BCUT2D eigenvalue weighted by atomic mass is 31.2. The predicted octanol–water partition coefficient (Wildman–Crippen LogP) is 2.02. The monoisotopic (exact) mass is 339 g/mol. The molecule has 23 heavy (non-hydrogen) atoms. The zero-order valence-electron chi connectivity index (χ0n) is 12.3. The molecule has 0 fully saturated rings. The van der Waals surface area contributed by atoms with Crippen LogP contribution >= 0.6 is 7.75 Å². The summed E-state index contributed by atoms with van der Waals surface area (Å²) in [5, 5.41) is 29.7. The zero-order valence-corrected chi connectivity index (χ0v) is 13.2. The van der Waals surface area contributed by atoms with E-state index < -0.39 is 25.7 Å². The van der Waals surface area contributed by atoms with Crippen molar-refractivity contribution in [3.63, 3.8) is 0 Å². The SMILES string of the molecule is CC(c1cccc(O)c1)C(O)C1C=C(O)C=CC1=NP(=O)(O)O. The molecule has 5 N–H and O–H groups in total. The van der Waals surface area contributed by atoms with E-state index in [1.807, 2.05) is 0 Å². The molecule has 2 rings (SSSR count). The number of phenols is 1. The third kappa shape index (κ3) is 4.53. The van der Waals surface area contributed by atoms with Gasteiger partial charge in [-0.2, -0.15) is 4.76 Å². The topological polar surface area (TPSA) is 131 Å². The summed E-state index contributed by atoms with van der Waals surface area (Å²) in [5.41, 5.74) is 0.631. The minimum atomic E-state index is -4.67. The van der Waals surface area contributed by atoms with Gasteiger partial charge in [-0.05, 0) is 35.9 Å². The Hall–Kier alpha value is -1.92. The van der Waals surface area contributed by atoms with E-state index in [4.69, 9.17) is 9.79 Å². The van der Waals surface area contributed by atoms with E-state index in [9.17, 15) is 19.9 Å². The number of aromatic hydroxyl groups is 1. The summed E-state index contributed by atoms with van der Waals surface area (Å²) in [6.07, 6.45) is 2.70. The van der Waals surface area contributed by atoms with Crippen LogP contribution in [0.15, 0.2) is 53.0 Å². The number of phenolic OH excluding ortho intramolecular Hbond substituents is 1. The van der Waals surface area contributed by atoms with Gasteiger partial charge in [0.15, 0.2) is 0 Å². The van der Waals surface area contributed by atoms with E-state index in [-0.39, 0.29) is 17.2 Å². The number of rotatable bonds is 4. The molecule has 3 unspecified atom stereocenters. The quantitative estimate of drug-likeness (QED) is 0.533. The summed E-state index contributed by atoms with van der Waals surface area (Å²) < 4.78 is 14.4. The first-order valence-corrected chi connectivity index (χ1v) is 8.45. The van der Waals surface area contributed by atoms with E-state index >= 15 is 0 Å². The molecule has 0 heterocycles. The average Bonchev–Trinajstić information content (AvgIpc) is 2.46. The van der Waals surface area contributed by atoms with Crippen LogP contribution in [-0.4, -0.2) is 36.9 Å². The molecule has 0 radical (unpaired) electrons. The number of hydrogen-bond acceptors (Lipinski definition) is 4. The molecular formula is C15H18NO6P. The number of aliphatic hydroxyl groups is 2. The smallest absolute Gasteiger partial charge is 0.448 e. The largest absolute Gasteiger partial charge is 0.508 e. The van der Waals surface area contributed by atoms with E-state index in [0.717, 1.165) is 0 Å². The summed E-state index contributed by atoms with van der Waals surface area (Å²) in [4.78, 5) is 18.0. The summed E-state index contributed by atoms with van der Waals surface area (Å²) in [6.45, 7) is 1.71. The van der Waals surface area contributed by atoms with Gasteiger partial charge in [0, 0.05) is 11.8 Å². The highest BCUT2D eigenvalue weighted by Crippen LogP contribution is 2.39. The highest BCUT2D eigenvalue weighted by molar-refractivity contribution is 7.50. The van der Waals surface area contributed by atoms with Crippen molar-refractivity contribution < 1.29 is 29.7 Å². The summed E-state index contributed by atoms with van der Waals surface area (Å²) in [5.74, 6) is -1.43. The van der Waals surface area contributed by atoms with Crippen LogP contribution in [-0.2, 0) is 4.57 Å². The predicted molar refractivity (Wildman–Crippen MR) is 85.3 cm³/mol. The lowest BCUT2D eigenvalue weighted by Gasteiger charge is -2.28. The fraction of sp³-hybridized carbons (Fsp3) is 0.267. The standard InChI is InChI=1S/C15H18NO6P/c1-9(10-3-2-4-11(17)7-10)15(19)13-8-12(18)5-6-14(13)16-23(20,21)22/h2-9,13,15,17-19H,1H3,(H2,20,21,22). The van der Waals surface area contributed by atoms with Crippen molar-refractivity contribution in [2.45, 2.75) is 18.9 Å². The minimum absolute atomic E-state index is 0.0179. The van der Waals surface area contributed by atoms with Gasteiger partial charge in [0.2, 0.25) is 0 Å². The normalized spacial score (nSPS) is 22.7. The Morgan fingerprint density at radius 2 is 1.91 bits per heavy atom. The van der Waals surface area contributed by atoms with Crippen LogP contribution in [0.25, 0.3) is 0 Å². The highest BCUT2D eigenvalue weighted by Gasteiger charge is 2.31. The second kappa shape index (κ2) is 6.68. The van der Waals surface area contributed by atoms with Crippen molar-refractivity contribution in [2.75, 3.05) is 0 Å². The van der Waals surface area contributed by atoms with Crippen molar-refractivity contribution in [1.82, 2.24) is 0 Å². The van der Waals surface area contributed by atoms with E-state index in [0.29, 0.717) is 5.56 Å². The van der Waals surface area contributed by atoms with Gasteiger partial charge in [0.25, 0.3) is 0 Å². The first-order valence-electron chi connectivity index (χ1n) is 6.89. The van der Waals surface area contributed by atoms with Crippen molar-refractivity contribution in [1.29, 1.82) is 0 Å². The molecule has 0 aliphatic heterocycles. The van der Waals surface area contributed by atoms with Gasteiger partial charge in [-0.15, -0.1) is 0 Å². The van der Waals surface area contributed by atoms with Crippen LogP contribution in [0.4, 0.5) is 0 Å². The van der Waals surface area contributed by atoms with Crippen LogP contribution in [0.3, 0.4) is 0 Å². The van der Waals surface area contributed by atoms with Crippen molar-refractivity contribution in [2.24, 2.45) is 10.7 Å². The molecule has 124 valence electrons. The van der Waals surface area contributed by atoms with Gasteiger partial charge in [0.1, 0.15) is 11.5 Å². The first kappa shape index (κ1) is 17.4. The van der Waals surface area contributed by atoms with E-state index in [2.05, 4.69) is 4.76 Å². The molecule has 1 aliphatic rings. The Morgan fingerprint density at radius 3 is 2.52 bits per heavy atom. The maximum atomic E-state index is 11.1. The van der Waals surface area contributed by atoms with Crippen molar-refractivity contribution >= 4 is 13.5 Å². The van der Waals surface area contributed by atoms with Crippen LogP contribution in [0.1, 0.15) is 18.4 Å². The van der Waals surface area contributed by atoms with Crippen LogP contribution in [0, 0.1) is 5.92 Å². The fourth-order valence-electron chi connectivity index (χ4n) is 2.45. The molecular weight excluding hydrogens is 321 g/mol. The lowest BCUT2D eigenvalue weighted by atomic mass is 9.82. The van der Waals surface area contributed by atoms with Crippen LogP contribution in [0.5, 0.6) is 5.75 Å². The third-order valence-corrected chi connectivity index (χ3v) is 4.13.